The minimum atomic E-state index is -0.612. The summed E-state index contributed by atoms with van der Waals surface area (Å²) in [6.45, 7) is 7.19. The van der Waals surface area contributed by atoms with Crippen molar-refractivity contribution in [2.75, 3.05) is 80.0 Å². The van der Waals surface area contributed by atoms with Crippen molar-refractivity contribution in [2.45, 2.75) is 44.1 Å². The number of carbonyl (C=O) groups is 2. The molecule has 14 nitrogen and oxygen atoms in total. The van der Waals surface area contributed by atoms with Crippen LogP contribution < -0.4 is 51.3 Å². The zero-order valence-corrected chi connectivity index (χ0v) is 28.6. The van der Waals surface area contributed by atoms with Gasteiger partial charge in [0.1, 0.15) is 0 Å². The zero-order chi connectivity index (χ0) is 34.6. The van der Waals surface area contributed by atoms with Gasteiger partial charge in [-0.3, -0.25) is 4.79 Å². The molecule has 3 aliphatic rings. The molecule has 2 aliphatic heterocycles. The second-order valence-electron chi connectivity index (χ2n) is 12.6. The number of cyclic esters (lactones) is 1. The minimum Gasteiger partial charge on any atom is -0.502 e. The van der Waals surface area contributed by atoms with Crippen LogP contribution in [0.25, 0.3) is 0 Å². The van der Waals surface area contributed by atoms with Gasteiger partial charge in [-0.1, -0.05) is 0 Å². The Morgan fingerprint density at radius 3 is 2.00 bits per heavy atom. The summed E-state index contributed by atoms with van der Waals surface area (Å²) in [4.78, 5) is 26.6. The average molecular weight is 685 g/mol. The maximum Gasteiger partial charge on any atom is 0.315 e. The van der Waals surface area contributed by atoms with E-state index in [2.05, 4.69) is 26.6 Å². The van der Waals surface area contributed by atoms with Crippen LogP contribution in [0.15, 0.2) is 24.3 Å². The normalized spacial score (nSPS) is 20.3. The fraction of sp³-hybridized carbons (Fsp3) is 0.600. The second-order valence-corrected chi connectivity index (χ2v) is 12.6. The third kappa shape index (κ3) is 8.98. The molecule has 1 fully saturated rings. The summed E-state index contributed by atoms with van der Waals surface area (Å²) in [5, 5.41) is 27.0. The monoisotopic (exact) mass is 684 g/mol. The summed E-state index contributed by atoms with van der Waals surface area (Å²) in [7, 11) is 2.92. The van der Waals surface area contributed by atoms with Crippen LogP contribution in [-0.2, 0) is 9.53 Å². The van der Waals surface area contributed by atoms with Gasteiger partial charge in [0.15, 0.2) is 23.0 Å². The molecule has 5 rings (SSSR count). The van der Waals surface area contributed by atoms with E-state index in [0.717, 1.165) is 89.0 Å². The molecule has 2 aromatic carbocycles. The Kier molecular flexibility index (Phi) is 13.4. The molecule has 1 saturated heterocycles. The van der Waals surface area contributed by atoms with Crippen molar-refractivity contribution in [3.8, 4) is 28.7 Å². The predicted molar refractivity (Wildman–Crippen MR) is 184 cm³/mol. The molecule has 14 heteroatoms. The second kappa shape index (κ2) is 18.1. The van der Waals surface area contributed by atoms with Gasteiger partial charge >= 0.3 is 12.0 Å². The van der Waals surface area contributed by atoms with E-state index in [9.17, 15) is 14.7 Å². The van der Waals surface area contributed by atoms with Crippen LogP contribution in [0.5, 0.6) is 28.7 Å². The summed E-state index contributed by atoms with van der Waals surface area (Å²) in [5.41, 5.74) is 7.80. The number of benzene rings is 2. The summed E-state index contributed by atoms with van der Waals surface area (Å²) >= 11 is 0. The molecule has 1 unspecified atom stereocenters. The first-order valence-electron chi connectivity index (χ1n) is 17.4. The SMILES string of the molecule is COc1cc(C2c3cc4c(cc3[C@@H](NC(=O)NCCCNCCCNCCCCNCCCN)[C@H]3COC(=O)[C@H]23)OCO4)cc(OC)c1O. The number of amides is 2. The van der Waals surface area contributed by atoms with Crippen LogP contribution in [-0.4, -0.2) is 97.1 Å². The van der Waals surface area contributed by atoms with Gasteiger partial charge in [0, 0.05) is 18.4 Å². The minimum absolute atomic E-state index is 0.0793. The molecular formula is C35H52N6O8. The van der Waals surface area contributed by atoms with E-state index in [1.54, 1.807) is 12.1 Å². The number of unbranched alkanes of at least 4 members (excludes halogenated alkanes) is 1. The van der Waals surface area contributed by atoms with Crippen molar-refractivity contribution < 1.29 is 38.4 Å². The summed E-state index contributed by atoms with van der Waals surface area (Å²) in [6.07, 6.45) is 5.15. The van der Waals surface area contributed by atoms with Crippen molar-refractivity contribution in [2.24, 2.45) is 17.6 Å². The third-order valence-electron chi connectivity index (χ3n) is 9.37. The number of ether oxygens (including phenoxy) is 5. The Labute approximate surface area is 288 Å². The van der Waals surface area contributed by atoms with Gasteiger partial charge in [-0.2, -0.15) is 0 Å². The van der Waals surface area contributed by atoms with Gasteiger partial charge in [-0.05, 0) is 119 Å². The lowest BCUT2D eigenvalue weighted by Gasteiger charge is -2.39. The van der Waals surface area contributed by atoms with Crippen LogP contribution in [0.4, 0.5) is 4.79 Å². The number of aromatic hydroxyl groups is 1. The van der Waals surface area contributed by atoms with Gasteiger partial charge in [0.05, 0.1) is 32.8 Å². The molecule has 0 saturated carbocycles. The fourth-order valence-electron chi connectivity index (χ4n) is 6.89. The number of rotatable bonds is 20. The number of urea groups is 1. The van der Waals surface area contributed by atoms with E-state index in [1.807, 2.05) is 12.1 Å². The van der Waals surface area contributed by atoms with Crippen molar-refractivity contribution >= 4 is 12.0 Å². The number of methoxy groups -OCH3 is 2. The smallest absolute Gasteiger partial charge is 0.315 e. The van der Waals surface area contributed by atoms with Crippen molar-refractivity contribution in [3.05, 3.63) is 41.0 Å². The Balaban J connectivity index is 1.14. The molecular weight excluding hydrogens is 632 g/mol. The van der Waals surface area contributed by atoms with Crippen LogP contribution >= 0.6 is 0 Å². The molecule has 2 heterocycles. The maximum absolute atomic E-state index is 13.3. The highest BCUT2D eigenvalue weighted by Crippen LogP contribution is 2.55. The molecule has 270 valence electrons. The number of phenolic OH excluding ortho intramolecular Hbond substituents is 1. The summed E-state index contributed by atoms with van der Waals surface area (Å²) in [5.74, 6) is -0.364. The number of phenols is 1. The molecule has 8 N–H and O–H groups in total. The Hall–Kier alpha value is -3.98. The standard InChI is InChI=1S/C35H52N6O8/c1-45-28-16-22(17-29(46-2)33(28)42)30-23-18-26-27(49-21-48-26)19-24(23)32(25-20-47-34(43)31(25)30)41-35(44)40-15-7-14-39-13-6-12-38-10-4-3-9-37-11-5-8-36/h16-19,25,30-32,37-39,42H,3-15,20-21,36H2,1-2H3,(H2,40,41,44)/t25-,30?,31-,32+/m0/s1. The molecule has 0 spiro atoms. The predicted octanol–water partition coefficient (Wildman–Crippen LogP) is 2.09. The molecule has 0 aromatic heterocycles. The Bertz CT molecular complexity index is 1390. The quantitative estimate of drug-likeness (QED) is 0.0797. The lowest BCUT2D eigenvalue weighted by atomic mass is 9.65. The molecule has 2 aromatic rings. The average Bonchev–Trinajstić information content (AvgIpc) is 3.73. The molecule has 0 bridgehead atoms. The largest absolute Gasteiger partial charge is 0.502 e. The van der Waals surface area contributed by atoms with E-state index in [1.165, 1.54) is 14.2 Å². The first kappa shape index (κ1) is 36.3. The molecule has 2 amide bonds. The highest BCUT2D eigenvalue weighted by Gasteiger charge is 2.53. The lowest BCUT2D eigenvalue weighted by molar-refractivity contribution is -0.141. The number of esters is 1. The fourth-order valence-corrected chi connectivity index (χ4v) is 6.89. The number of hydrogen-bond donors (Lipinski definition) is 7. The number of hydrogen-bond acceptors (Lipinski definition) is 12. The van der Waals surface area contributed by atoms with Crippen molar-refractivity contribution in [3.63, 3.8) is 0 Å². The van der Waals surface area contributed by atoms with Crippen LogP contribution in [0.3, 0.4) is 0 Å². The van der Waals surface area contributed by atoms with Crippen molar-refractivity contribution in [1.82, 2.24) is 26.6 Å². The van der Waals surface area contributed by atoms with E-state index < -0.39 is 17.9 Å². The number of nitrogens with one attached hydrogen (secondary N) is 5. The first-order valence-corrected chi connectivity index (χ1v) is 17.4. The molecule has 4 atom stereocenters. The highest BCUT2D eigenvalue weighted by molar-refractivity contribution is 5.80. The topological polar surface area (TPSA) is 187 Å². The molecule has 49 heavy (non-hydrogen) atoms. The zero-order valence-electron chi connectivity index (χ0n) is 28.6. The van der Waals surface area contributed by atoms with E-state index in [-0.39, 0.29) is 48.6 Å². The lowest BCUT2D eigenvalue weighted by Crippen LogP contribution is -2.46. The number of nitrogens with two attached hydrogens (primary N) is 1. The van der Waals surface area contributed by atoms with Crippen LogP contribution in [0, 0.1) is 11.8 Å². The summed E-state index contributed by atoms with van der Waals surface area (Å²) in [6, 6.07) is 6.32. The Morgan fingerprint density at radius 1 is 0.816 bits per heavy atom. The molecule has 0 radical (unpaired) electrons. The van der Waals surface area contributed by atoms with Gasteiger partial charge in [0.25, 0.3) is 0 Å². The van der Waals surface area contributed by atoms with Gasteiger partial charge < -0.3 is 61.1 Å². The Morgan fingerprint density at radius 2 is 1.39 bits per heavy atom. The first-order chi connectivity index (χ1) is 24.0. The highest BCUT2D eigenvalue weighted by atomic mass is 16.7. The van der Waals surface area contributed by atoms with E-state index >= 15 is 0 Å². The van der Waals surface area contributed by atoms with Gasteiger partial charge in [0.2, 0.25) is 12.5 Å². The summed E-state index contributed by atoms with van der Waals surface area (Å²) < 4.78 is 27.9. The van der Waals surface area contributed by atoms with Gasteiger partial charge in [-0.25, -0.2) is 4.79 Å². The van der Waals surface area contributed by atoms with Crippen LogP contribution in [0.1, 0.15) is 60.8 Å². The van der Waals surface area contributed by atoms with Crippen LogP contribution in [0.2, 0.25) is 0 Å². The van der Waals surface area contributed by atoms with E-state index in [0.29, 0.717) is 23.6 Å². The number of fused-ring (bicyclic) bond motifs is 3. The van der Waals surface area contributed by atoms with Gasteiger partial charge in [-0.15, -0.1) is 0 Å². The maximum atomic E-state index is 13.3. The third-order valence-corrected chi connectivity index (χ3v) is 9.37. The molecule has 1 aliphatic carbocycles. The van der Waals surface area contributed by atoms with Crippen molar-refractivity contribution in [1.29, 1.82) is 0 Å². The van der Waals surface area contributed by atoms with E-state index in [4.69, 9.17) is 29.4 Å². The number of carbonyl (C=O) groups excluding carboxylic acids is 2.